The summed E-state index contributed by atoms with van der Waals surface area (Å²) < 4.78 is 5.41. The van der Waals surface area contributed by atoms with Gasteiger partial charge in [-0.15, -0.1) is 0 Å². The third-order valence-electron chi connectivity index (χ3n) is 3.76. The lowest BCUT2D eigenvalue weighted by molar-refractivity contribution is 0.190. The van der Waals surface area contributed by atoms with Crippen LogP contribution >= 0.6 is 0 Å². The highest BCUT2D eigenvalue weighted by Gasteiger charge is 2.21. The van der Waals surface area contributed by atoms with Gasteiger partial charge < -0.3 is 15.6 Å². The van der Waals surface area contributed by atoms with E-state index in [0.29, 0.717) is 23.5 Å². The summed E-state index contributed by atoms with van der Waals surface area (Å²) in [5.74, 6) is 1.54. The number of hydrogen-bond donors (Lipinski definition) is 2. The lowest BCUT2D eigenvalue weighted by atomic mass is 9.89. The van der Waals surface area contributed by atoms with Crippen LogP contribution in [0.4, 0.5) is 0 Å². The number of hydrogen-bond acceptors (Lipinski definition) is 3. The van der Waals surface area contributed by atoms with Crippen LogP contribution in [0, 0.1) is 17.8 Å². The molecule has 1 aliphatic heterocycles. The van der Waals surface area contributed by atoms with Gasteiger partial charge in [-0.25, -0.2) is 0 Å². The van der Waals surface area contributed by atoms with Gasteiger partial charge in [0, 0.05) is 18.2 Å². The van der Waals surface area contributed by atoms with Crippen molar-refractivity contribution in [2.24, 2.45) is 23.5 Å². The Balaban J connectivity index is 2.81. The Hall–Kier alpha value is -0.800. The van der Waals surface area contributed by atoms with E-state index >= 15 is 0 Å². The van der Waals surface area contributed by atoms with Gasteiger partial charge in [-0.05, 0) is 30.3 Å². The van der Waals surface area contributed by atoms with Crippen LogP contribution in [-0.2, 0) is 4.74 Å². The largest absolute Gasteiger partial charge is 0.400 e. The zero-order valence-corrected chi connectivity index (χ0v) is 11.9. The summed E-state index contributed by atoms with van der Waals surface area (Å²) >= 11 is 0. The summed E-state index contributed by atoms with van der Waals surface area (Å²) in [6, 6.07) is 0. The van der Waals surface area contributed by atoms with E-state index in [0.717, 1.165) is 31.6 Å². The first-order valence-corrected chi connectivity index (χ1v) is 6.95. The van der Waals surface area contributed by atoms with Crippen molar-refractivity contribution in [3.05, 3.63) is 23.4 Å². The van der Waals surface area contributed by atoms with Crippen molar-refractivity contribution >= 4 is 0 Å². The molecule has 1 unspecified atom stereocenters. The molecule has 0 spiro atoms. The molecule has 0 aromatic heterocycles. The number of aliphatic hydroxyl groups excluding tert-OH is 1. The zero-order chi connectivity index (χ0) is 13.5. The van der Waals surface area contributed by atoms with Crippen LogP contribution in [0.25, 0.3) is 0 Å². The molecule has 0 bridgehead atoms. The standard InChI is InChI=1S/C15H27NO2/c1-4-12(11(2)3)5-6-14(15(16)9-17)13-7-8-18-10-13/h5-6,11-13,17H,4,7-10,16H2,1-3H3/b6-5-,15-14+/t12?,13-/m0/s1. The van der Waals surface area contributed by atoms with Crippen LogP contribution < -0.4 is 5.73 Å². The average molecular weight is 253 g/mol. The quantitative estimate of drug-likeness (QED) is 0.715. The SMILES string of the molecule is CCC(/C=C\C(=C(/N)CO)[C@H]1CCOC1)C(C)C. The van der Waals surface area contributed by atoms with Gasteiger partial charge in [-0.3, -0.25) is 0 Å². The number of ether oxygens (including phenoxy) is 1. The van der Waals surface area contributed by atoms with Crippen molar-refractivity contribution in [2.75, 3.05) is 19.8 Å². The number of allylic oxidation sites excluding steroid dienone is 2. The summed E-state index contributed by atoms with van der Waals surface area (Å²) in [4.78, 5) is 0. The molecule has 0 aromatic rings. The van der Waals surface area contributed by atoms with E-state index in [-0.39, 0.29) is 6.61 Å². The van der Waals surface area contributed by atoms with Crippen molar-refractivity contribution in [1.29, 1.82) is 0 Å². The van der Waals surface area contributed by atoms with Crippen LogP contribution in [0.5, 0.6) is 0 Å². The molecule has 1 rings (SSSR count). The molecule has 0 aromatic carbocycles. The smallest absolute Gasteiger partial charge is 0.0828 e. The van der Waals surface area contributed by atoms with Crippen LogP contribution in [0.2, 0.25) is 0 Å². The van der Waals surface area contributed by atoms with Gasteiger partial charge in [-0.2, -0.15) is 0 Å². The van der Waals surface area contributed by atoms with Gasteiger partial charge in [0.05, 0.1) is 13.2 Å². The van der Waals surface area contributed by atoms with Gasteiger partial charge in [0.1, 0.15) is 0 Å². The molecule has 3 nitrogen and oxygen atoms in total. The highest BCUT2D eigenvalue weighted by Crippen LogP contribution is 2.26. The van der Waals surface area contributed by atoms with Crippen LogP contribution in [0.15, 0.2) is 23.4 Å². The maximum Gasteiger partial charge on any atom is 0.0828 e. The minimum atomic E-state index is -0.0748. The monoisotopic (exact) mass is 253 g/mol. The number of nitrogens with two attached hydrogens (primary N) is 1. The first-order chi connectivity index (χ1) is 8.60. The maximum absolute atomic E-state index is 9.24. The Morgan fingerprint density at radius 3 is 2.67 bits per heavy atom. The molecule has 2 atom stereocenters. The molecule has 0 amide bonds. The van der Waals surface area contributed by atoms with Crippen molar-refractivity contribution < 1.29 is 9.84 Å². The molecule has 1 heterocycles. The normalized spacial score (nSPS) is 23.7. The van der Waals surface area contributed by atoms with Crippen LogP contribution in [0.1, 0.15) is 33.6 Å². The maximum atomic E-state index is 9.24. The third-order valence-corrected chi connectivity index (χ3v) is 3.76. The molecule has 1 fully saturated rings. The fourth-order valence-electron chi connectivity index (χ4n) is 2.43. The second-order valence-electron chi connectivity index (χ2n) is 5.37. The molecular weight excluding hydrogens is 226 g/mol. The Labute approximate surface area is 111 Å². The topological polar surface area (TPSA) is 55.5 Å². The van der Waals surface area contributed by atoms with Crippen molar-refractivity contribution in [3.8, 4) is 0 Å². The molecule has 0 radical (unpaired) electrons. The molecule has 3 N–H and O–H groups in total. The Morgan fingerprint density at radius 2 is 2.22 bits per heavy atom. The van der Waals surface area contributed by atoms with Crippen LogP contribution in [-0.4, -0.2) is 24.9 Å². The highest BCUT2D eigenvalue weighted by atomic mass is 16.5. The average Bonchev–Trinajstić information content (AvgIpc) is 2.87. The molecule has 18 heavy (non-hydrogen) atoms. The minimum Gasteiger partial charge on any atom is -0.400 e. The van der Waals surface area contributed by atoms with Gasteiger partial charge in [0.2, 0.25) is 0 Å². The van der Waals surface area contributed by atoms with E-state index in [1.54, 1.807) is 0 Å². The first-order valence-electron chi connectivity index (χ1n) is 6.95. The Morgan fingerprint density at radius 1 is 1.50 bits per heavy atom. The van der Waals surface area contributed by atoms with Crippen molar-refractivity contribution in [2.45, 2.75) is 33.6 Å². The van der Waals surface area contributed by atoms with Gasteiger partial charge >= 0.3 is 0 Å². The summed E-state index contributed by atoms with van der Waals surface area (Å²) in [5.41, 5.74) is 7.57. The van der Waals surface area contributed by atoms with E-state index in [1.165, 1.54) is 0 Å². The van der Waals surface area contributed by atoms with Crippen molar-refractivity contribution in [1.82, 2.24) is 0 Å². The molecule has 104 valence electrons. The third kappa shape index (κ3) is 4.14. The fraction of sp³-hybridized carbons (Fsp3) is 0.733. The first kappa shape index (κ1) is 15.3. The van der Waals surface area contributed by atoms with E-state index in [2.05, 4.69) is 32.9 Å². The highest BCUT2D eigenvalue weighted by molar-refractivity contribution is 5.28. The molecule has 0 aliphatic carbocycles. The number of aliphatic hydroxyl groups is 1. The van der Waals surface area contributed by atoms with Gasteiger partial charge in [0.15, 0.2) is 0 Å². The zero-order valence-electron chi connectivity index (χ0n) is 11.9. The van der Waals surface area contributed by atoms with Gasteiger partial charge in [-0.1, -0.05) is 32.9 Å². The minimum absolute atomic E-state index is 0.0748. The lowest BCUT2D eigenvalue weighted by Crippen LogP contribution is -2.14. The summed E-state index contributed by atoms with van der Waals surface area (Å²) in [5, 5.41) is 9.24. The van der Waals surface area contributed by atoms with Crippen LogP contribution in [0.3, 0.4) is 0 Å². The Kier molecular flexibility index (Phi) is 6.44. The molecular formula is C15H27NO2. The fourth-order valence-corrected chi connectivity index (χ4v) is 2.43. The molecule has 0 saturated carbocycles. The van der Waals surface area contributed by atoms with E-state index in [4.69, 9.17) is 10.5 Å². The molecule has 1 aliphatic rings. The molecule has 1 saturated heterocycles. The second kappa shape index (κ2) is 7.59. The van der Waals surface area contributed by atoms with E-state index < -0.39 is 0 Å². The lowest BCUT2D eigenvalue weighted by Gasteiger charge is -2.17. The predicted octanol–water partition coefficient (Wildman–Crippen LogP) is 2.47. The van der Waals surface area contributed by atoms with Crippen molar-refractivity contribution in [3.63, 3.8) is 0 Å². The van der Waals surface area contributed by atoms with E-state index in [9.17, 15) is 5.11 Å². The Bertz CT molecular complexity index is 302. The predicted molar refractivity (Wildman–Crippen MR) is 75.0 cm³/mol. The number of rotatable bonds is 6. The second-order valence-corrected chi connectivity index (χ2v) is 5.37. The summed E-state index contributed by atoms with van der Waals surface area (Å²) in [6.07, 6.45) is 6.47. The van der Waals surface area contributed by atoms with E-state index in [1.807, 2.05) is 0 Å². The molecule has 3 heteroatoms. The summed E-state index contributed by atoms with van der Waals surface area (Å²) in [7, 11) is 0. The summed E-state index contributed by atoms with van der Waals surface area (Å²) in [6.45, 7) is 8.11. The van der Waals surface area contributed by atoms with Gasteiger partial charge in [0.25, 0.3) is 0 Å².